The Morgan fingerprint density at radius 1 is 1.17 bits per heavy atom. The van der Waals surface area contributed by atoms with E-state index in [4.69, 9.17) is 16.3 Å². The van der Waals surface area contributed by atoms with Crippen LogP contribution in [-0.4, -0.2) is 37.4 Å². The van der Waals surface area contributed by atoms with Crippen molar-refractivity contribution >= 4 is 17.5 Å². The van der Waals surface area contributed by atoms with E-state index >= 15 is 0 Å². The van der Waals surface area contributed by atoms with Gasteiger partial charge in [0.05, 0.1) is 11.6 Å². The molecule has 0 unspecified atom stereocenters. The molecule has 7 nitrogen and oxygen atoms in total. The molecule has 3 rings (SSSR count). The number of carbonyl (C=O) groups excluding carboxylic acids is 1. The summed E-state index contributed by atoms with van der Waals surface area (Å²) >= 11 is 6.19. The number of aryl methyl sites for hydroxylation is 1. The minimum absolute atomic E-state index is 0.202. The molecular weight excluding hydrogens is 390 g/mol. The minimum atomic E-state index is -0.202. The Labute approximate surface area is 175 Å². The molecule has 0 atom stereocenters. The maximum atomic E-state index is 12.7. The highest BCUT2D eigenvalue weighted by Gasteiger charge is 2.18. The summed E-state index contributed by atoms with van der Waals surface area (Å²) in [6.45, 7) is 7.55. The van der Waals surface area contributed by atoms with Gasteiger partial charge in [0, 0.05) is 26.0 Å². The third kappa shape index (κ3) is 5.17. The van der Waals surface area contributed by atoms with Crippen molar-refractivity contribution in [2.45, 2.75) is 46.5 Å². The normalized spacial score (nSPS) is 11.1. The first-order valence-corrected chi connectivity index (χ1v) is 9.98. The maximum Gasteiger partial charge on any atom is 0.274 e. The lowest BCUT2D eigenvalue weighted by molar-refractivity contribution is 0.0775. The van der Waals surface area contributed by atoms with E-state index in [2.05, 4.69) is 36.2 Å². The van der Waals surface area contributed by atoms with E-state index in [0.29, 0.717) is 28.9 Å². The Morgan fingerprint density at radius 3 is 2.52 bits per heavy atom. The Hall–Kier alpha value is -2.80. The van der Waals surface area contributed by atoms with Crippen LogP contribution in [0.2, 0.25) is 5.02 Å². The van der Waals surface area contributed by atoms with Gasteiger partial charge in [-0.15, -0.1) is 0 Å². The molecule has 0 aliphatic heterocycles. The highest BCUT2D eigenvalue weighted by Crippen LogP contribution is 2.19. The quantitative estimate of drug-likeness (QED) is 0.553. The third-order valence-corrected chi connectivity index (χ3v) is 4.93. The van der Waals surface area contributed by atoms with Crippen molar-refractivity contribution in [2.75, 3.05) is 7.05 Å². The van der Waals surface area contributed by atoms with Gasteiger partial charge in [-0.2, -0.15) is 10.2 Å². The van der Waals surface area contributed by atoms with Gasteiger partial charge in [-0.25, -0.2) is 4.68 Å². The number of hydrogen-bond donors (Lipinski definition) is 0. The number of nitrogens with zero attached hydrogens (tertiary/aromatic N) is 5. The molecular formula is C21H26ClN5O2. The van der Waals surface area contributed by atoms with Crippen LogP contribution in [0.4, 0.5) is 0 Å². The van der Waals surface area contributed by atoms with Gasteiger partial charge in [0.25, 0.3) is 5.91 Å². The van der Waals surface area contributed by atoms with Gasteiger partial charge in [0.2, 0.25) is 0 Å². The molecule has 0 fully saturated rings. The Morgan fingerprint density at radius 2 is 1.90 bits per heavy atom. The summed E-state index contributed by atoms with van der Waals surface area (Å²) in [4.78, 5) is 14.2. The fraction of sp³-hybridized carbons (Fsp3) is 0.381. The molecule has 29 heavy (non-hydrogen) atoms. The van der Waals surface area contributed by atoms with Crippen molar-refractivity contribution in [1.29, 1.82) is 0 Å². The first-order chi connectivity index (χ1) is 13.9. The van der Waals surface area contributed by atoms with E-state index in [-0.39, 0.29) is 12.6 Å². The first kappa shape index (κ1) is 20.9. The summed E-state index contributed by atoms with van der Waals surface area (Å²) in [6, 6.07) is 9.67. The Balaban J connectivity index is 1.58. The van der Waals surface area contributed by atoms with Crippen molar-refractivity contribution in [3.63, 3.8) is 0 Å². The summed E-state index contributed by atoms with van der Waals surface area (Å²) in [7, 11) is 1.70. The number of ether oxygens (including phenoxy) is 1. The van der Waals surface area contributed by atoms with Crippen LogP contribution in [0.1, 0.15) is 48.4 Å². The van der Waals surface area contributed by atoms with E-state index in [1.165, 1.54) is 5.56 Å². The number of benzene rings is 1. The highest BCUT2D eigenvalue weighted by molar-refractivity contribution is 6.31. The summed E-state index contributed by atoms with van der Waals surface area (Å²) in [5.74, 6) is 1.04. The first-order valence-electron chi connectivity index (χ1n) is 9.61. The monoisotopic (exact) mass is 415 g/mol. The molecule has 0 aliphatic rings. The van der Waals surface area contributed by atoms with Crippen LogP contribution in [0, 0.1) is 0 Å². The number of rotatable bonds is 8. The highest BCUT2D eigenvalue weighted by atomic mass is 35.5. The van der Waals surface area contributed by atoms with Gasteiger partial charge < -0.3 is 9.64 Å². The van der Waals surface area contributed by atoms with Crippen molar-refractivity contribution in [2.24, 2.45) is 0 Å². The van der Waals surface area contributed by atoms with E-state index in [1.807, 2.05) is 19.1 Å². The zero-order chi connectivity index (χ0) is 21.0. The average Bonchev–Trinajstić information content (AvgIpc) is 3.32. The van der Waals surface area contributed by atoms with Crippen LogP contribution in [0.15, 0.2) is 42.7 Å². The molecule has 0 aliphatic carbocycles. The lowest BCUT2D eigenvalue weighted by atomic mass is 10.0. The number of aromatic nitrogens is 4. The van der Waals surface area contributed by atoms with Crippen LogP contribution < -0.4 is 4.74 Å². The Kier molecular flexibility index (Phi) is 6.59. The molecule has 2 heterocycles. The zero-order valence-electron chi connectivity index (χ0n) is 17.2. The smallest absolute Gasteiger partial charge is 0.274 e. The zero-order valence-corrected chi connectivity index (χ0v) is 17.9. The van der Waals surface area contributed by atoms with Crippen molar-refractivity contribution < 1.29 is 9.53 Å². The molecule has 3 aromatic rings. The standard InChI is InChI=1S/C21H26ClN5O2/c1-5-26-12-18(22)20(24-26)13-25(4)21(28)19-10-11-27(23-19)14-29-17-8-6-16(7-9-17)15(2)3/h6-12,15H,5,13-14H2,1-4H3. The number of amides is 1. The third-order valence-electron chi connectivity index (χ3n) is 4.61. The van der Waals surface area contributed by atoms with Crippen LogP contribution >= 0.6 is 11.6 Å². The van der Waals surface area contributed by atoms with E-state index in [0.717, 1.165) is 12.3 Å². The predicted molar refractivity (Wildman–Crippen MR) is 112 cm³/mol. The van der Waals surface area contributed by atoms with Gasteiger partial charge in [0.15, 0.2) is 12.4 Å². The summed E-state index contributed by atoms with van der Waals surface area (Å²) in [6.07, 6.45) is 3.48. The molecule has 1 aromatic carbocycles. The lowest BCUT2D eigenvalue weighted by Crippen LogP contribution is -2.27. The number of halogens is 1. The van der Waals surface area contributed by atoms with Crippen LogP contribution in [0.3, 0.4) is 0 Å². The fourth-order valence-corrected chi connectivity index (χ4v) is 3.05. The second-order valence-corrected chi connectivity index (χ2v) is 7.59. The maximum absolute atomic E-state index is 12.7. The molecule has 0 N–H and O–H groups in total. The van der Waals surface area contributed by atoms with Gasteiger partial charge in [-0.1, -0.05) is 37.6 Å². The number of hydrogen-bond acceptors (Lipinski definition) is 4. The van der Waals surface area contributed by atoms with Crippen LogP contribution in [-0.2, 0) is 19.8 Å². The lowest BCUT2D eigenvalue weighted by Gasteiger charge is -2.14. The topological polar surface area (TPSA) is 65.2 Å². The van der Waals surface area contributed by atoms with Crippen LogP contribution in [0.5, 0.6) is 5.75 Å². The van der Waals surface area contributed by atoms with Gasteiger partial charge in [0.1, 0.15) is 11.4 Å². The SMILES string of the molecule is CCn1cc(Cl)c(CN(C)C(=O)c2ccn(COc3ccc(C(C)C)cc3)n2)n1. The van der Waals surface area contributed by atoms with Crippen molar-refractivity contribution in [1.82, 2.24) is 24.5 Å². The van der Waals surface area contributed by atoms with E-state index in [9.17, 15) is 4.79 Å². The summed E-state index contributed by atoms with van der Waals surface area (Å²) in [5, 5.41) is 9.24. The Bertz CT molecular complexity index is 962. The van der Waals surface area contributed by atoms with Gasteiger partial charge in [-0.05, 0) is 36.6 Å². The van der Waals surface area contributed by atoms with Crippen molar-refractivity contribution in [3.05, 3.63) is 64.7 Å². The molecule has 8 heteroatoms. The molecule has 0 radical (unpaired) electrons. The largest absolute Gasteiger partial charge is 0.471 e. The predicted octanol–water partition coefficient (Wildman–Crippen LogP) is 4.19. The molecule has 0 spiro atoms. The molecule has 2 aromatic heterocycles. The van der Waals surface area contributed by atoms with Gasteiger partial charge >= 0.3 is 0 Å². The summed E-state index contributed by atoms with van der Waals surface area (Å²) < 4.78 is 9.09. The molecule has 0 saturated carbocycles. The van der Waals surface area contributed by atoms with Crippen molar-refractivity contribution in [3.8, 4) is 5.75 Å². The molecule has 1 amide bonds. The molecule has 0 bridgehead atoms. The average molecular weight is 416 g/mol. The molecule has 154 valence electrons. The second-order valence-electron chi connectivity index (χ2n) is 7.18. The van der Waals surface area contributed by atoms with E-state index in [1.54, 1.807) is 39.8 Å². The van der Waals surface area contributed by atoms with E-state index < -0.39 is 0 Å². The van der Waals surface area contributed by atoms with Gasteiger partial charge in [-0.3, -0.25) is 9.48 Å². The second kappa shape index (κ2) is 9.13. The summed E-state index contributed by atoms with van der Waals surface area (Å²) in [5.41, 5.74) is 2.27. The fourth-order valence-electron chi connectivity index (χ4n) is 2.84. The minimum Gasteiger partial charge on any atom is -0.471 e. The van der Waals surface area contributed by atoms with Crippen LogP contribution in [0.25, 0.3) is 0 Å². The number of carbonyl (C=O) groups is 1. The molecule has 0 saturated heterocycles.